The molecule has 11 nitrogen and oxygen atoms in total. The molecule has 0 bridgehead atoms. The van der Waals surface area contributed by atoms with Crippen LogP contribution in [0.4, 0.5) is 0 Å². The van der Waals surface area contributed by atoms with Gasteiger partial charge in [-0.1, -0.05) is 36.4 Å². The first-order valence-corrected chi connectivity index (χ1v) is 21.3. The average Bonchev–Trinajstić information content (AvgIpc) is 3.55. The van der Waals surface area contributed by atoms with Gasteiger partial charge in [0, 0.05) is 25.3 Å². The van der Waals surface area contributed by atoms with Crippen LogP contribution in [0.3, 0.4) is 0 Å². The molecule has 3 aliphatic heterocycles. The number of ether oxygens (including phenoxy) is 5. The number of likely N-dealkylation sites (tertiary alicyclic amines) is 1. The molecule has 1 N–H and O–H groups in total. The lowest BCUT2D eigenvalue weighted by Crippen LogP contribution is -2.48. The normalized spacial score (nSPS) is 18.5. The van der Waals surface area contributed by atoms with Crippen molar-refractivity contribution >= 4 is 25.3 Å². The van der Waals surface area contributed by atoms with E-state index in [4.69, 9.17) is 32.6 Å². The summed E-state index contributed by atoms with van der Waals surface area (Å²) in [7, 11) is 0.130. The van der Waals surface area contributed by atoms with Crippen molar-refractivity contribution < 1.29 is 42.5 Å². The number of carbonyl (C=O) groups is 1. The van der Waals surface area contributed by atoms with Crippen LogP contribution in [0.15, 0.2) is 64.6 Å². The second-order valence-electron chi connectivity index (χ2n) is 14.4. The first kappa shape index (κ1) is 37.7. The second-order valence-corrected chi connectivity index (χ2v) is 18.8. The number of carboxylic acids is 1. The molecule has 0 spiro atoms. The van der Waals surface area contributed by atoms with Gasteiger partial charge < -0.3 is 42.6 Å². The van der Waals surface area contributed by atoms with Crippen molar-refractivity contribution in [3.8, 4) is 11.6 Å². The molecule has 12 heteroatoms. The SMILES string of the molecule is COC(O[Si](C)(C)C)=C1CCOCC1.O=C(O)C1(CN2CCC(CCOc3noc4cccc(OCc5ccccc5)c34)CC2)CCOCC1. The number of piperidine rings is 1. The standard InChI is InChI=1S/C28H34N2O6.C10H20O3Si/c31-27(32)28(12-17-33-18-13-28)20-30-14-9-21(10-15-30)11-16-34-26-25-23(7-4-8-24(25)36-29-26)35-19-22-5-2-1-3-6-22;1-11-10(13-14(2,3)4)9-5-7-12-8-6-9/h1-8,21H,9-20H2,(H,31,32);5-8H2,1-4H3. The summed E-state index contributed by atoms with van der Waals surface area (Å²) in [6, 6.07) is 15.7. The summed E-state index contributed by atoms with van der Waals surface area (Å²) >= 11 is 0. The van der Waals surface area contributed by atoms with Crippen molar-refractivity contribution in [3.63, 3.8) is 0 Å². The number of carboxylic acid groups (broad SMARTS) is 1. The van der Waals surface area contributed by atoms with Crippen LogP contribution in [-0.4, -0.2) is 89.2 Å². The predicted molar refractivity (Wildman–Crippen MR) is 193 cm³/mol. The number of benzene rings is 2. The number of aromatic nitrogens is 1. The third-order valence-corrected chi connectivity index (χ3v) is 10.3. The Morgan fingerprint density at radius 3 is 2.32 bits per heavy atom. The summed E-state index contributed by atoms with van der Waals surface area (Å²) in [6.45, 7) is 12.6. The zero-order chi connectivity index (χ0) is 35.4. The van der Waals surface area contributed by atoms with E-state index < -0.39 is 19.7 Å². The van der Waals surface area contributed by atoms with Gasteiger partial charge in [-0.15, -0.1) is 0 Å². The molecule has 0 atom stereocenters. The molecule has 3 aromatic rings. The highest BCUT2D eigenvalue weighted by Crippen LogP contribution is 2.36. The number of aliphatic carboxylic acids is 1. The summed E-state index contributed by atoms with van der Waals surface area (Å²) in [5.41, 5.74) is 2.33. The fourth-order valence-corrected chi connectivity index (χ4v) is 7.42. The molecular weight excluding hydrogens is 657 g/mol. The number of rotatable bonds is 13. The monoisotopic (exact) mass is 710 g/mol. The molecule has 0 unspecified atom stereocenters. The number of fused-ring (bicyclic) bond motifs is 1. The van der Waals surface area contributed by atoms with E-state index in [1.54, 1.807) is 7.11 Å². The molecule has 0 amide bonds. The molecule has 1 aromatic heterocycles. The van der Waals surface area contributed by atoms with Gasteiger partial charge in [-0.3, -0.25) is 4.79 Å². The average molecular weight is 711 g/mol. The quantitative estimate of drug-likeness (QED) is 0.142. The van der Waals surface area contributed by atoms with Crippen molar-refractivity contribution in [3.05, 3.63) is 65.6 Å². The molecule has 50 heavy (non-hydrogen) atoms. The minimum atomic E-state index is -1.55. The third kappa shape index (κ3) is 10.7. The lowest BCUT2D eigenvalue weighted by Gasteiger charge is -2.40. The topological polar surface area (TPSA) is 122 Å². The highest BCUT2D eigenvalue weighted by molar-refractivity contribution is 6.70. The molecule has 0 radical (unpaired) electrons. The molecule has 274 valence electrons. The molecular formula is C38H54N2O9Si. The van der Waals surface area contributed by atoms with E-state index in [9.17, 15) is 9.90 Å². The lowest BCUT2D eigenvalue weighted by molar-refractivity contribution is -0.157. The Balaban J connectivity index is 0.000000292. The van der Waals surface area contributed by atoms with Crippen molar-refractivity contribution in [2.45, 2.75) is 71.2 Å². The van der Waals surface area contributed by atoms with E-state index in [1.807, 2.05) is 48.5 Å². The van der Waals surface area contributed by atoms with Gasteiger partial charge in [0.05, 0.1) is 32.3 Å². The highest BCUT2D eigenvalue weighted by Gasteiger charge is 2.42. The summed E-state index contributed by atoms with van der Waals surface area (Å²) < 4.78 is 39.5. The molecule has 2 aromatic carbocycles. The van der Waals surface area contributed by atoms with E-state index in [0.717, 1.165) is 75.3 Å². The second kappa shape index (κ2) is 18.1. The van der Waals surface area contributed by atoms with Gasteiger partial charge in [0.25, 0.3) is 11.8 Å². The van der Waals surface area contributed by atoms with Crippen LogP contribution in [0.25, 0.3) is 11.0 Å². The van der Waals surface area contributed by atoms with E-state index in [2.05, 4.69) is 29.7 Å². The fourth-order valence-electron chi connectivity index (χ4n) is 6.63. The maximum absolute atomic E-state index is 12.0. The summed E-state index contributed by atoms with van der Waals surface area (Å²) in [5.74, 6) is 1.76. The van der Waals surface area contributed by atoms with Gasteiger partial charge in [-0.25, -0.2) is 0 Å². The maximum atomic E-state index is 12.0. The summed E-state index contributed by atoms with van der Waals surface area (Å²) in [5, 5.41) is 14.7. The molecule has 0 aliphatic carbocycles. The van der Waals surface area contributed by atoms with Gasteiger partial charge in [0.15, 0.2) is 5.58 Å². The van der Waals surface area contributed by atoms with Gasteiger partial charge in [-0.2, -0.15) is 0 Å². The minimum absolute atomic E-state index is 0.458. The van der Waals surface area contributed by atoms with Crippen molar-refractivity contribution in [1.29, 1.82) is 0 Å². The Hall–Kier alpha value is -3.58. The Morgan fingerprint density at radius 1 is 0.960 bits per heavy atom. The Labute approximate surface area is 296 Å². The van der Waals surface area contributed by atoms with Gasteiger partial charge in [0.2, 0.25) is 8.32 Å². The van der Waals surface area contributed by atoms with Gasteiger partial charge in [0.1, 0.15) is 17.7 Å². The van der Waals surface area contributed by atoms with Crippen LogP contribution in [0.5, 0.6) is 11.6 Å². The van der Waals surface area contributed by atoms with Crippen LogP contribution in [0, 0.1) is 11.3 Å². The largest absolute Gasteiger partial charge is 0.520 e. The van der Waals surface area contributed by atoms with Crippen LogP contribution >= 0.6 is 0 Å². The number of nitrogens with zero attached hydrogens (tertiary/aromatic N) is 2. The molecule has 3 aliphatic rings. The first-order chi connectivity index (χ1) is 24.2. The van der Waals surface area contributed by atoms with Crippen LogP contribution < -0.4 is 9.47 Å². The maximum Gasteiger partial charge on any atom is 0.311 e. The number of hydrogen-bond acceptors (Lipinski definition) is 10. The zero-order valence-electron chi connectivity index (χ0n) is 30.1. The van der Waals surface area contributed by atoms with Crippen molar-refractivity contribution in [1.82, 2.24) is 10.1 Å². The summed E-state index contributed by atoms with van der Waals surface area (Å²) in [4.78, 5) is 14.3. The van der Waals surface area contributed by atoms with Crippen molar-refractivity contribution in [2.24, 2.45) is 11.3 Å². The minimum Gasteiger partial charge on any atom is -0.520 e. The third-order valence-electron chi connectivity index (χ3n) is 9.54. The lowest BCUT2D eigenvalue weighted by atomic mass is 9.79. The van der Waals surface area contributed by atoms with Crippen LogP contribution in [0.1, 0.15) is 50.5 Å². The molecule has 0 saturated carbocycles. The first-order valence-electron chi connectivity index (χ1n) is 17.9. The van der Waals surface area contributed by atoms with Gasteiger partial charge in [-0.05, 0) is 106 Å². The highest BCUT2D eigenvalue weighted by atomic mass is 28.4. The fraction of sp³-hybridized carbons (Fsp3) is 0.579. The smallest absolute Gasteiger partial charge is 0.311 e. The summed E-state index contributed by atoms with van der Waals surface area (Å²) in [6.07, 6.45) is 6.08. The Kier molecular flexibility index (Phi) is 13.6. The van der Waals surface area contributed by atoms with E-state index >= 15 is 0 Å². The van der Waals surface area contributed by atoms with Crippen molar-refractivity contribution in [2.75, 3.05) is 59.8 Å². The van der Waals surface area contributed by atoms with Gasteiger partial charge >= 0.3 is 5.97 Å². The Morgan fingerprint density at radius 2 is 1.66 bits per heavy atom. The Bertz CT molecular complexity index is 1520. The molecule has 6 rings (SSSR count). The molecule has 3 saturated heterocycles. The predicted octanol–water partition coefficient (Wildman–Crippen LogP) is 7.28. The zero-order valence-corrected chi connectivity index (χ0v) is 31.1. The molecule has 4 heterocycles. The van der Waals surface area contributed by atoms with Crippen LogP contribution in [-0.2, 0) is 30.0 Å². The van der Waals surface area contributed by atoms with E-state index in [0.29, 0.717) is 68.9 Å². The van der Waals surface area contributed by atoms with Crippen LogP contribution in [0.2, 0.25) is 19.6 Å². The van der Waals surface area contributed by atoms with E-state index in [1.165, 1.54) is 5.57 Å². The molecule has 3 fully saturated rings. The number of methoxy groups -OCH3 is 1. The number of hydrogen-bond donors (Lipinski definition) is 1. The van der Waals surface area contributed by atoms with E-state index in [-0.39, 0.29) is 0 Å².